The maximum atomic E-state index is 9.22. The molecule has 1 aromatic carbocycles. The molecule has 1 rings (SSSR count). The number of hydrogen-bond acceptors (Lipinski definition) is 2. The highest BCUT2D eigenvalue weighted by molar-refractivity contribution is 5.26. The molecule has 0 aliphatic rings. The average Bonchev–Trinajstić information content (AvgIpc) is 2.34. The normalized spacial score (nSPS) is 12.7. The van der Waals surface area contributed by atoms with Crippen LogP contribution in [0.5, 0.6) is 0 Å². The number of aliphatic hydroxyl groups excluding tert-OH is 1. The van der Waals surface area contributed by atoms with Crippen molar-refractivity contribution in [1.82, 2.24) is 5.32 Å². The molecule has 0 spiro atoms. The average molecular weight is 221 g/mol. The molecule has 0 saturated heterocycles. The zero-order valence-corrected chi connectivity index (χ0v) is 10.4. The van der Waals surface area contributed by atoms with Crippen molar-refractivity contribution in [1.29, 1.82) is 0 Å². The summed E-state index contributed by atoms with van der Waals surface area (Å²) in [5.74, 6) is 0. The van der Waals surface area contributed by atoms with Crippen molar-refractivity contribution in [2.24, 2.45) is 0 Å². The van der Waals surface area contributed by atoms with Gasteiger partial charge in [0.15, 0.2) is 0 Å². The summed E-state index contributed by atoms with van der Waals surface area (Å²) in [7, 11) is 0. The summed E-state index contributed by atoms with van der Waals surface area (Å²) in [6, 6.07) is 8.65. The van der Waals surface area contributed by atoms with Crippen LogP contribution in [0.3, 0.4) is 0 Å². The van der Waals surface area contributed by atoms with Gasteiger partial charge in [-0.25, -0.2) is 0 Å². The van der Waals surface area contributed by atoms with E-state index in [1.807, 2.05) is 18.2 Å². The van der Waals surface area contributed by atoms with Crippen molar-refractivity contribution in [2.75, 3.05) is 0 Å². The second-order valence-electron chi connectivity index (χ2n) is 4.20. The van der Waals surface area contributed by atoms with Crippen LogP contribution in [-0.2, 0) is 13.2 Å². The van der Waals surface area contributed by atoms with Crippen LogP contribution in [0.2, 0.25) is 0 Å². The van der Waals surface area contributed by atoms with E-state index in [4.69, 9.17) is 0 Å². The van der Waals surface area contributed by atoms with Crippen molar-refractivity contribution in [3.05, 3.63) is 35.4 Å². The minimum Gasteiger partial charge on any atom is -0.392 e. The lowest BCUT2D eigenvalue weighted by Crippen LogP contribution is -2.28. The van der Waals surface area contributed by atoms with Crippen LogP contribution in [0, 0.1) is 0 Å². The fraction of sp³-hybridized carbons (Fsp3) is 0.571. The topological polar surface area (TPSA) is 32.3 Å². The third-order valence-corrected chi connectivity index (χ3v) is 3.00. The van der Waals surface area contributed by atoms with Crippen molar-refractivity contribution < 1.29 is 5.11 Å². The third-order valence-electron chi connectivity index (χ3n) is 3.00. The zero-order chi connectivity index (χ0) is 11.8. The predicted octanol–water partition coefficient (Wildman–Crippen LogP) is 2.85. The quantitative estimate of drug-likeness (QED) is 0.742. The second-order valence-corrected chi connectivity index (χ2v) is 4.20. The van der Waals surface area contributed by atoms with Gasteiger partial charge in [-0.1, -0.05) is 44.5 Å². The summed E-state index contributed by atoms with van der Waals surface area (Å²) in [4.78, 5) is 0. The molecule has 0 aliphatic carbocycles. The number of nitrogens with one attached hydrogen (secondary N) is 1. The first-order valence-electron chi connectivity index (χ1n) is 6.22. The Balaban J connectivity index is 2.52. The van der Waals surface area contributed by atoms with Gasteiger partial charge in [-0.2, -0.15) is 0 Å². The highest BCUT2D eigenvalue weighted by Crippen LogP contribution is 2.10. The Labute approximate surface area is 98.7 Å². The van der Waals surface area contributed by atoms with Crippen molar-refractivity contribution >= 4 is 0 Å². The predicted molar refractivity (Wildman–Crippen MR) is 68.2 cm³/mol. The zero-order valence-electron chi connectivity index (χ0n) is 10.4. The van der Waals surface area contributed by atoms with Gasteiger partial charge in [0.2, 0.25) is 0 Å². The molecule has 0 aliphatic heterocycles. The third kappa shape index (κ3) is 3.95. The van der Waals surface area contributed by atoms with E-state index >= 15 is 0 Å². The molecule has 0 radical (unpaired) electrons. The fourth-order valence-electron chi connectivity index (χ4n) is 1.94. The van der Waals surface area contributed by atoms with E-state index in [9.17, 15) is 5.11 Å². The lowest BCUT2D eigenvalue weighted by molar-refractivity contribution is 0.280. The van der Waals surface area contributed by atoms with Gasteiger partial charge in [0.1, 0.15) is 0 Å². The molecular formula is C14H23NO. The molecule has 16 heavy (non-hydrogen) atoms. The standard InChI is InChI=1S/C14H23NO/c1-3-7-14(4-2)15-10-12-8-5-6-9-13(12)11-16/h5-6,8-9,14-16H,3-4,7,10-11H2,1-2H3. The van der Waals surface area contributed by atoms with E-state index in [1.165, 1.54) is 18.4 Å². The van der Waals surface area contributed by atoms with E-state index in [2.05, 4.69) is 25.2 Å². The SMILES string of the molecule is CCCC(CC)NCc1ccccc1CO. The summed E-state index contributed by atoms with van der Waals surface area (Å²) >= 11 is 0. The first-order valence-corrected chi connectivity index (χ1v) is 6.22. The van der Waals surface area contributed by atoms with Crippen LogP contribution in [0.15, 0.2) is 24.3 Å². The van der Waals surface area contributed by atoms with Crippen LogP contribution < -0.4 is 5.32 Å². The highest BCUT2D eigenvalue weighted by atomic mass is 16.3. The Bertz CT molecular complexity index is 299. The molecule has 2 heteroatoms. The molecule has 1 aromatic rings. The molecular weight excluding hydrogens is 198 g/mol. The second kappa shape index (κ2) is 7.42. The van der Waals surface area contributed by atoms with Crippen molar-refractivity contribution in [3.8, 4) is 0 Å². The Kier molecular flexibility index (Phi) is 6.12. The van der Waals surface area contributed by atoms with Gasteiger partial charge in [-0.15, -0.1) is 0 Å². The van der Waals surface area contributed by atoms with Gasteiger partial charge in [0.25, 0.3) is 0 Å². The molecule has 0 bridgehead atoms. The Morgan fingerprint density at radius 3 is 2.44 bits per heavy atom. The lowest BCUT2D eigenvalue weighted by Gasteiger charge is -2.17. The first-order chi connectivity index (χ1) is 7.81. The van der Waals surface area contributed by atoms with Crippen LogP contribution in [0.1, 0.15) is 44.2 Å². The number of aliphatic hydroxyl groups is 1. The summed E-state index contributed by atoms with van der Waals surface area (Å²) in [6.07, 6.45) is 3.60. The molecule has 1 unspecified atom stereocenters. The number of hydrogen-bond donors (Lipinski definition) is 2. The molecule has 0 amide bonds. The highest BCUT2D eigenvalue weighted by Gasteiger charge is 2.05. The van der Waals surface area contributed by atoms with Crippen LogP contribution >= 0.6 is 0 Å². The molecule has 1 atom stereocenters. The summed E-state index contributed by atoms with van der Waals surface area (Å²) < 4.78 is 0. The van der Waals surface area contributed by atoms with E-state index in [-0.39, 0.29) is 6.61 Å². The van der Waals surface area contributed by atoms with Gasteiger partial charge < -0.3 is 10.4 Å². The lowest BCUT2D eigenvalue weighted by atomic mass is 10.1. The molecule has 0 aromatic heterocycles. The monoisotopic (exact) mass is 221 g/mol. The van der Waals surface area contributed by atoms with Gasteiger partial charge >= 0.3 is 0 Å². The maximum Gasteiger partial charge on any atom is 0.0685 e. The first kappa shape index (κ1) is 13.2. The van der Waals surface area contributed by atoms with Gasteiger partial charge in [-0.3, -0.25) is 0 Å². The molecule has 2 nitrogen and oxygen atoms in total. The van der Waals surface area contributed by atoms with Crippen molar-refractivity contribution in [3.63, 3.8) is 0 Å². The maximum absolute atomic E-state index is 9.22. The van der Waals surface area contributed by atoms with Gasteiger partial charge in [-0.05, 0) is 24.0 Å². The van der Waals surface area contributed by atoms with E-state index in [0.29, 0.717) is 6.04 Å². The molecule has 90 valence electrons. The summed E-state index contributed by atoms with van der Waals surface area (Å²) in [5.41, 5.74) is 2.24. The smallest absolute Gasteiger partial charge is 0.0685 e. The Morgan fingerprint density at radius 2 is 1.88 bits per heavy atom. The molecule has 0 fully saturated rings. The largest absolute Gasteiger partial charge is 0.392 e. The Morgan fingerprint density at radius 1 is 1.19 bits per heavy atom. The minimum atomic E-state index is 0.127. The van der Waals surface area contributed by atoms with E-state index < -0.39 is 0 Å². The minimum absolute atomic E-state index is 0.127. The number of benzene rings is 1. The van der Waals surface area contributed by atoms with Gasteiger partial charge in [0, 0.05) is 12.6 Å². The van der Waals surface area contributed by atoms with Crippen LogP contribution in [-0.4, -0.2) is 11.1 Å². The van der Waals surface area contributed by atoms with Crippen LogP contribution in [0.4, 0.5) is 0 Å². The summed E-state index contributed by atoms with van der Waals surface area (Å²) in [6.45, 7) is 5.41. The molecule has 0 saturated carbocycles. The van der Waals surface area contributed by atoms with E-state index in [1.54, 1.807) is 0 Å². The van der Waals surface area contributed by atoms with E-state index in [0.717, 1.165) is 18.5 Å². The fourth-order valence-corrected chi connectivity index (χ4v) is 1.94. The Hall–Kier alpha value is -0.860. The number of rotatable bonds is 7. The van der Waals surface area contributed by atoms with Crippen molar-refractivity contribution in [2.45, 2.75) is 52.3 Å². The molecule has 2 N–H and O–H groups in total. The van der Waals surface area contributed by atoms with Crippen LogP contribution in [0.25, 0.3) is 0 Å². The summed E-state index contributed by atoms with van der Waals surface area (Å²) in [5, 5.41) is 12.8. The van der Waals surface area contributed by atoms with Gasteiger partial charge in [0.05, 0.1) is 6.61 Å². The molecule has 0 heterocycles.